The van der Waals surface area contributed by atoms with Crippen molar-refractivity contribution in [2.45, 2.75) is 12.7 Å². The lowest BCUT2D eigenvalue weighted by Gasteiger charge is -2.26. The molecule has 2 aliphatic heterocycles. The van der Waals surface area contributed by atoms with Crippen LogP contribution >= 0.6 is 0 Å². The second-order valence-corrected chi connectivity index (χ2v) is 6.64. The first-order valence-electron chi connectivity index (χ1n) is 8.78. The molecule has 0 atom stereocenters. The topological polar surface area (TPSA) is 71.0 Å². The first-order valence-corrected chi connectivity index (χ1v) is 8.78. The molecule has 2 aliphatic rings. The van der Waals surface area contributed by atoms with Crippen LogP contribution in [0.4, 0.5) is 14.5 Å². The molecule has 0 bridgehead atoms. The van der Waals surface area contributed by atoms with Crippen molar-refractivity contribution in [2.24, 2.45) is 0 Å². The number of benzene rings is 2. The van der Waals surface area contributed by atoms with Crippen molar-refractivity contribution in [3.63, 3.8) is 0 Å². The van der Waals surface area contributed by atoms with Gasteiger partial charge in [-0.3, -0.25) is 9.69 Å². The SMILES string of the molecule is O=C(CN1CC=C(c2ccc(O)cc2)CC1)Nc1ccc2c(c1)OC(F)(F)O2. The number of nitrogens with one attached hydrogen (secondary N) is 1. The van der Waals surface area contributed by atoms with Gasteiger partial charge in [0.25, 0.3) is 0 Å². The van der Waals surface area contributed by atoms with E-state index in [9.17, 15) is 18.7 Å². The van der Waals surface area contributed by atoms with Crippen LogP contribution in [0, 0.1) is 0 Å². The summed E-state index contributed by atoms with van der Waals surface area (Å²) < 4.78 is 34.8. The van der Waals surface area contributed by atoms with Gasteiger partial charge in [0, 0.05) is 24.8 Å². The minimum absolute atomic E-state index is 0.0640. The van der Waals surface area contributed by atoms with Gasteiger partial charge in [-0.1, -0.05) is 18.2 Å². The van der Waals surface area contributed by atoms with Crippen LogP contribution in [0.3, 0.4) is 0 Å². The summed E-state index contributed by atoms with van der Waals surface area (Å²) in [7, 11) is 0. The number of alkyl halides is 2. The number of carbonyl (C=O) groups is 1. The second kappa shape index (κ2) is 7.12. The average molecular weight is 388 g/mol. The first-order chi connectivity index (χ1) is 13.4. The minimum Gasteiger partial charge on any atom is -0.508 e. The minimum atomic E-state index is -3.68. The third-order valence-corrected chi connectivity index (χ3v) is 4.58. The molecule has 0 aliphatic carbocycles. The average Bonchev–Trinajstić information content (AvgIpc) is 2.96. The maximum Gasteiger partial charge on any atom is 0.586 e. The van der Waals surface area contributed by atoms with Gasteiger partial charge in [0.05, 0.1) is 6.54 Å². The zero-order valence-corrected chi connectivity index (χ0v) is 14.8. The Balaban J connectivity index is 1.32. The molecule has 8 heteroatoms. The molecule has 6 nitrogen and oxygen atoms in total. The number of rotatable bonds is 4. The number of hydrogen-bond donors (Lipinski definition) is 2. The van der Waals surface area contributed by atoms with Gasteiger partial charge in [0.2, 0.25) is 5.91 Å². The summed E-state index contributed by atoms with van der Waals surface area (Å²) in [5.74, 6) is -0.189. The fraction of sp³-hybridized carbons (Fsp3) is 0.250. The van der Waals surface area contributed by atoms with Gasteiger partial charge in [0.15, 0.2) is 11.5 Å². The Bertz CT molecular complexity index is 928. The van der Waals surface area contributed by atoms with Crippen molar-refractivity contribution >= 4 is 17.2 Å². The van der Waals surface area contributed by atoms with Crippen molar-refractivity contribution < 1.29 is 28.2 Å². The van der Waals surface area contributed by atoms with Gasteiger partial charge in [-0.25, -0.2) is 0 Å². The number of amides is 1. The molecule has 2 aromatic carbocycles. The van der Waals surface area contributed by atoms with Gasteiger partial charge >= 0.3 is 6.29 Å². The first kappa shape index (κ1) is 18.2. The quantitative estimate of drug-likeness (QED) is 0.840. The van der Waals surface area contributed by atoms with E-state index in [2.05, 4.69) is 20.9 Å². The molecule has 146 valence electrons. The van der Waals surface area contributed by atoms with E-state index in [0.717, 1.165) is 12.0 Å². The summed E-state index contributed by atoms with van der Waals surface area (Å²) in [6.45, 7) is 1.52. The van der Waals surface area contributed by atoms with Crippen LogP contribution in [0.5, 0.6) is 17.2 Å². The van der Waals surface area contributed by atoms with Crippen LogP contribution in [-0.4, -0.2) is 41.8 Å². The molecule has 1 amide bonds. The van der Waals surface area contributed by atoms with Gasteiger partial charge in [-0.15, -0.1) is 8.78 Å². The number of halogens is 2. The van der Waals surface area contributed by atoms with Crippen LogP contribution in [0.1, 0.15) is 12.0 Å². The van der Waals surface area contributed by atoms with E-state index >= 15 is 0 Å². The number of hydrogen-bond acceptors (Lipinski definition) is 5. The Hall–Kier alpha value is -3.13. The Morgan fingerprint density at radius 3 is 2.61 bits per heavy atom. The number of anilines is 1. The highest BCUT2D eigenvalue weighted by molar-refractivity contribution is 5.92. The normalized spacial score (nSPS) is 17.9. The predicted molar refractivity (Wildman–Crippen MR) is 98.4 cm³/mol. The summed E-state index contributed by atoms with van der Waals surface area (Å²) >= 11 is 0. The predicted octanol–water partition coefficient (Wildman–Crippen LogP) is 3.44. The smallest absolute Gasteiger partial charge is 0.508 e. The highest BCUT2D eigenvalue weighted by Gasteiger charge is 2.43. The zero-order chi connectivity index (χ0) is 19.7. The van der Waals surface area contributed by atoms with Crippen LogP contribution < -0.4 is 14.8 Å². The lowest BCUT2D eigenvalue weighted by atomic mass is 9.99. The van der Waals surface area contributed by atoms with E-state index in [1.54, 1.807) is 12.1 Å². The molecule has 0 saturated carbocycles. The van der Waals surface area contributed by atoms with Gasteiger partial charge in [-0.05, 0) is 41.8 Å². The Kier molecular flexibility index (Phi) is 4.64. The van der Waals surface area contributed by atoms with Gasteiger partial charge in [0.1, 0.15) is 5.75 Å². The van der Waals surface area contributed by atoms with E-state index in [1.807, 2.05) is 17.0 Å². The van der Waals surface area contributed by atoms with Crippen LogP contribution in [0.2, 0.25) is 0 Å². The van der Waals surface area contributed by atoms with E-state index in [1.165, 1.54) is 23.8 Å². The molecule has 0 radical (unpaired) electrons. The Labute approximate surface area is 160 Å². The number of carbonyl (C=O) groups excluding carboxylic acids is 1. The highest BCUT2D eigenvalue weighted by atomic mass is 19.3. The van der Waals surface area contributed by atoms with E-state index in [0.29, 0.717) is 18.8 Å². The maximum atomic E-state index is 13.1. The van der Waals surface area contributed by atoms with Crippen LogP contribution in [0.25, 0.3) is 5.57 Å². The number of nitrogens with zero attached hydrogens (tertiary/aromatic N) is 1. The third-order valence-electron chi connectivity index (χ3n) is 4.58. The molecule has 4 rings (SSSR count). The van der Waals surface area contributed by atoms with Gasteiger partial charge in [-0.2, -0.15) is 0 Å². The molecule has 28 heavy (non-hydrogen) atoms. The largest absolute Gasteiger partial charge is 0.586 e. The van der Waals surface area contributed by atoms with E-state index < -0.39 is 6.29 Å². The molecular weight excluding hydrogens is 370 g/mol. The van der Waals surface area contributed by atoms with Crippen molar-refractivity contribution in [3.8, 4) is 17.2 Å². The zero-order valence-electron chi connectivity index (χ0n) is 14.8. The molecule has 0 unspecified atom stereocenters. The summed E-state index contributed by atoms with van der Waals surface area (Å²) in [4.78, 5) is 14.3. The van der Waals surface area contributed by atoms with Crippen molar-refractivity contribution in [1.29, 1.82) is 0 Å². The fourth-order valence-electron chi connectivity index (χ4n) is 3.22. The van der Waals surface area contributed by atoms with E-state index in [-0.39, 0.29) is 29.7 Å². The summed E-state index contributed by atoms with van der Waals surface area (Å²) in [5, 5.41) is 12.1. The highest BCUT2D eigenvalue weighted by Crippen LogP contribution is 2.42. The van der Waals surface area contributed by atoms with Crippen molar-refractivity contribution in [1.82, 2.24) is 4.90 Å². The Morgan fingerprint density at radius 2 is 1.89 bits per heavy atom. The monoisotopic (exact) mass is 388 g/mol. The molecule has 2 N–H and O–H groups in total. The fourth-order valence-corrected chi connectivity index (χ4v) is 3.22. The number of fused-ring (bicyclic) bond motifs is 1. The van der Waals surface area contributed by atoms with Crippen LogP contribution in [-0.2, 0) is 4.79 Å². The number of aromatic hydroxyl groups is 1. The van der Waals surface area contributed by atoms with Crippen LogP contribution in [0.15, 0.2) is 48.5 Å². The molecule has 0 aromatic heterocycles. The molecule has 0 spiro atoms. The molecule has 0 fully saturated rings. The molecule has 0 saturated heterocycles. The standard InChI is InChI=1S/C20H18F2N2O4/c21-20(22)27-17-6-3-15(11-18(17)28-20)23-19(26)12-24-9-7-14(8-10-24)13-1-4-16(25)5-2-13/h1-7,11,25H,8-10,12H2,(H,23,26). The second-order valence-electron chi connectivity index (χ2n) is 6.64. The third kappa shape index (κ3) is 4.07. The lowest BCUT2D eigenvalue weighted by Crippen LogP contribution is -2.36. The van der Waals surface area contributed by atoms with Crippen molar-refractivity contribution in [3.05, 3.63) is 54.1 Å². The summed E-state index contributed by atoms with van der Waals surface area (Å²) in [6, 6.07) is 11.2. The molecular formula is C20H18F2N2O4. The summed E-state index contributed by atoms with van der Waals surface area (Å²) in [5.41, 5.74) is 2.59. The number of phenols is 1. The number of ether oxygens (including phenoxy) is 2. The maximum absolute atomic E-state index is 13.1. The van der Waals surface area contributed by atoms with E-state index in [4.69, 9.17) is 0 Å². The lowest BCUT2D eigenvalue weighted by molar-refractivity contribution is -0.286. The molecule has 2 aromatic rings. The number of phenolic OH excluding ortho intramolecular Hbond substituents is 1. The van der Waals surface area contributed by atoms with Crippen molar-refractivity contribution in [2.75, 3.05) is 25.0 Å². The molecule has 2 heterocycles. The van der Waals surface area contributed by atoms with Gasteiger partial charge < -0.3 is 19.9 Å². The summed E-state index contributed by atoms with van der Waals surface area (Å²) in [6.07, 6.45) is -0.830. The Morgan fingerprint density at radius 1 is 1.14 bits per heavy atom.